The SMILES string of the molecule is Cn1cccc1C(=O)NC(=O)COC(=O)c1cc([N+](=O)[O-])ccc1N1CCCC1. The highest BCUT2D eigenvalue weighted by Gasteiger charge is 2.24. The number of benzene rings is 1. The zero-order valence-corrected chi connectivity index (χ0v) is 15.8. The number of nitro benzene ring substituents is 1. The quantitative estimate of drug-likeness (QED) is 0.444. The number of ether oxygens (including phenoxy) is 1. The number of rotatable bonds is 6. The van der Waals surface area contributed by atoms with Crippen LogP contribution in [0.4, 0.5) is 11.4 Å². The Kier molecular flexibility index (Phi) is 5.91. The molecule has 0 aliphatic carbocycles. The molecule has 152 valence electrons. The zero-order valence-electron chi connectivity index (χ0n) is 15.8. The average Bonchev–Trinajstić information content (AvgIpc) is 3.37. The van der Waals surface area contributed by atoms with E-state index in [1.807, 2.05) is 4.90 Å². The number of non-ortho nitro benzene ring substituents is 1. The van der Waals surface area contributed by atoms with E-state index in [0.717, 1.165) is 32.0 Å². The maximum atomic E-state index is 12.5. The maximum Gasteiger partial charge on any atom is 0.341 e. The van der Waals surface area contributed by atoms with E-state index in [2.05, 4.69) is 5.32 Å². The average molecular weight is 400 g/mol. The highest BCUT2D eigenvalue weighted by atomic mass is 16.6. The molecule has 1 aliphatic rings. The van der Waals surface area contributed by atoms with Crippen LogP contribution in [0.2, 0.25) is 0 Å². The second-order valence-corrected chi connectivity index (χ2v) is 6.61. The Bertz CT molecular complexity index is 961. The Balaban J connectivity index is 1.68. The number of anilines is 1. The van der Waals surface area contributed by atoms with Crippen LogP contribution in [0.3, 0.4) is 0 Å². The molecule has 0 radical (unpaired) electrons. The molecular weight excluding hydrogens is 380 g/mol. The van der Waals surface area contributed by atoms with Gasteiger partial charge in [0.2, 0.25) is 0 Å². The van der Waals surface area contributed by atoms with Gasteiger partial charge in [0.05, 0.1) is 16.2 Å². The van der Waals surface area contributed by atoms with E-state index in [1.54, 1.807) is 29.9 Å². The number of nitrogens with one attached hydrogen (secondary N) is 1. The molecule has 0 spiro atoms. The Morgan fingerprint density at radius 1 is 1.21 bits per heavy atom. The smallest absolute Gasteiger partial charge is 0.341 e. The molecule has 0 bridgehead atoms. The Morgan fingerprint density at radius 3 is 2.55 bits per heavy atom. The second kappa shape index (κ2) is 8.55. The number of hydrogen-bond donors (Lipinski definition) is 1. The highest BCUT2D eigenvalue weighted by Crippen LogP contribution is 2.28. The second-order valence-electron chi connectivity index (χ2n) is 6.61. The molecule has 1 aromatic heterocycles. The van der Waals surface area contributed by atoms with Crippen LogP contribution in [0.15, 0.2) is 36.5 Å². The number of carbonyl (C=O) groups excluding carboxylic acids is 3. The van der Waals surface area contributed by atoms with Crippen molar-refractivity contribution in [1.29, 1.82) is 0 Å². The van der Waals surface area contributed by atoms with Crippen molar-refractivity contribution in [1.82, 2.24) is 9.88 Å². The van der Waals surface area contributed by atoms with Crippen LogP contribution in [0.25, 0.3) is 0 Å². The van der Waals surface area contributed by atoms with Crippen molar-refractivity contribution in [3.05, 3.63) is 57.9 Å². The summed E-state index contributed by atoms with van der Waals surface area (Å²) >= 11 is 0. The molecule has 3 rings (SSSR count). The third kappa shape index (κ3) is 4.60. The topological polar surface area (TPSA) is 124 Å². The van der Waals surface area contributed by atoms with Gasteiger partial charge in [-0.15, -0.1) is 0 Å². The molecule has 0 unspecified atom stereocenters. The number of imide groups is 1. The molecule has 10 nitrogen and oxygen atoms in total. The molecule has 1 aromatic carbocycles. The summed E-state index contributed by atoms with van der Waals surface area (Å²) in [5.74, 6) is -2.28. The van der Waals surface area contributed by atoms with E-state index in [9.17, 15) is 24.5 Å². The summed E-state index contributed by atoms with van der Waals surface area (Å²) in [5.41, 5.74) is 0.573. The van der Waals surface area contributed by atoms with E-state index in [-0.39, 0.29) is 16.9 Å². The minimum absolute atomic E-state index is 0.0164. The van der Waals surface area contributed by atoms with Crippen molar-refractivity contribution >= 4 is 29.2 Å². The van der Waals surface area contributed by atoms with Gasteiger partial charge in [-0.3, -0.25) is 25.0 Å². The molecular formula is C19H20N4O6. The first-order chi connectivity index (χ1) is 13.9. The van der Waals surface area contributed by atoms with Crippen molar-refractivity contribution in [3.63, 3.8) is 0 Å². The van der Waals surface area contributed by atoms with Gasteiger partial charge < -0.3 is 14.2 Å². The van der Waals surface area contributed by atoms with Crippen molar-refractivity contribution < 1.29 is 24.0 Å². The molecule has 0 saturated carbocycles. The van der Waals surface area contributed by atoms with E-state index in [1.165, 1.54) is 12.1 Å². The molecule has 1 fully saturated rings. The van der Waals surface area contributed by atoms with Crippen molar-refractivity contribution in [2.75, 3.05) is 24.6 Å². The van der Waals surface area contributed by atoms with Gasteiger partial charge in [-0.1, -0.05) is 0 Å². The van der Waals surface area contributed by atoms with Crippen molar-refractivity contribution in [2.24, 2.45) is 7.05 Å². The number of amides is 2. The fourth-order valence-electron chi connectivity index (χ4n) is 3.17. The lowest BCUT2D eigenvalue weighted by molar-refractivity contribution is -0.384. The normalized spacial score (nSPS) is 13.2. The first-order valence-corrected chi connectivity index (χ1v) is 9.03. The lowest BCUT2D eigenvalue weighted by atomic mass is 10.1. The number of aromatic nitrogens is 1. The molecule has 2 amide bonds. The van der Waals surface area contributed by atoms with Crippen molar-refractivity contribution in [3.8, 4) is 0 Å². The monoisotopic (exact) mass is 400 g/mol. The first kappa shape index (κ1) is 20.1. The van der Waals surface area contributed by atoms with Gasteiger partial charge in [-0.2, -0.15) is 0 Å². The standard InChI is InChI=1S/C19H20N4O6/c1-21-8-4-5-16(21)18(25)20-17(24)12-29-19(26)14-11-13(23(27)28)6-7-15(14)22-9-2-3-10-22/h4-8,11H,2-3,9-10,12H2,1H3,(H,20,24,25). The molecule has 29 heavy (non-hydrogen) atoms. The van der Waals surface area contributed by atoms with E-state index in [4.69, 9.17) is 4.74 Å². The fourth-order valence-corrected chi connectivity index (χ4v) is 3.17. The molecule has 1 N–H and O–H groups in total. The van der Waals surface area contributed by atoms with Gasteiger partial charge >= 0.3 is 5.97 Å². The summed E-state index contributed by atoms with van der Waals surface area (Å²) in [5, 5.41) is 13.2. The van der Waals surface area contributed by atoms with Crippen LogP contribution in [0.1, 0.15) is 33.7 Å². The summed E-state index contributed by atoms with van der Waals surface area (Å²) in [6, 6.07) is 7.18. The number of nitrogens with zero attached hydrogens (tertiary/aromatic N) is 3. The lowest BCUT2D eigenvalue weighted by Crippen LogP contribution is -2.35. The van der Waals surface area contributed by atoms with Crippen LogP contribution >= 0.6 is 0 Å². The van der Waals surface area contributed by atoms with Crippen LogP contribution in [0.5, 0.6) is 0 Å². The highest BCUT2D eigenvalue weighted by molar-refractivity contribution is 6.05. The lowest BCUT2D eigenvalue weighted by Gasteiger charge is -2.20. The van der Waals surface area contributed by atoms with Gasteiger partial charge in [0.15, 0.2) is 6.61 Å². The molecule has 2 aromatic rings. The molecule has 1 saturated heterocycles. The van der Waals surface area contributed by atoms with Gasteiger partial charge in [0.25, 0.3) is 17.5 Å². The molecule has 10 heteroatoms. The van der Waals surface area contributed by atoms with Gasteiger partial charge in [-0.25, -0.2) is 4.79 Å². The third-order valence-electron chi connectivity index (χ3n) is 4.62. The van der Waals surface area contributed by atoms with Crippen LogP contribution < -0.4 is 10.2 Å². The Hall–Kier alpha value is -3.69. The maximum absolute atomic E-state index is 12.5. The summed E-state index contributed by atoms with van der Waals surface area (Å²) in [6.45, 7) is 0.768. The van der Waals surface area contributed by atoms with Crippen LogP contribution in [0, 0.1) is 10.1 Å². The predicted molar refractivity (Wildman–Crippen MR) is 103 cm³/mol. The van der Waals surface area contributed by atoms with E-state index in [0.29, 0.717) is 5.69 Å². The summed E-state index contributed by atoms with van der Waals surface area (Å²) in [7, 11) is 1.65. The minimum atomic E-state index is -0.864. The van der Waals surface area contributed by atoms with Crippen molar-refractivity contribution in [2.45, 2.75) is 12.8 Å². The fraction of sp³-hybridized carbons (Fsp3) is 0.316. The summed E-state index contributed by atoms with van der Waals surface area (Å²) in [6.07, 6.45) is 3.56. The number of aryl methyl sites for hydroxylation is 1. The van der Waals surface area contributed by atoms with Crippen LogP contribution in [-0.2, 0) is 16.6 Å². The molecule has 0 atom stereocenters. The Labute approximate surface area is 166 Å². The number of nitro groups is 1. The van der Waals surface area contributed by atoms with Gasteiger partial charge in [0, 0.05) is 38.5 Å². The first-order valence-electron chi connectivity index (χ1n) is 9.03. The van der Waals surface area contributed by atoms with Crippen LogP contribution in [-0.4, -0.2) is 47.0 Å². The predicted octanol–water partition coefficient (Wildman–Crippen LogP) is 1.65. The summed E-state index contributed by atoms with van der Waals surface area (Å²) in [4.78, 5) is 48.9. The van der Waals surface area contributed by atoms with E-state index >= 15 is 0 Å². The minimum Gasteiger partial charge on any atom is -0.452 e. The zero-order chi connectivity index (χ0) is 21.0. The summed E-state index contributed by atoms with van der Waals surface area (Å²) < 4.78 is 6.56. The van der Waals surface area contributed by atoms with E-state index < -0.39 is 29.3 Å². The van der Waals surface area contributed by atoms with Gasteiger partial charge in [0.1, 0.15) is 5.69 Å². The molecule has 1 aliphatic heterocycles. The third-order valence-corrected chi connectivity index (χ3v) is 4.62. The molecule has 2 heterocycles. The number of carbonyl (C=O) groups is 3. The number of esters is 1. The Morgan fingerprint density at radius 2 is 1.93 bits per heavy atom. The number of hydrogen-bond acceptors (Lipinski definition) is 7. The van der Waals surface area contributed by atoms with Gasteiger partial charge in [-0.05, 0) is 31.0 Å². The largest absolute Gasteiger partial charge is 0.452 e.